The molecular formula is C20H29NO3. The Kier molecular flexibility index (Phi) is 4.97. The molecule has 0 radical (unpaired) electrons. The van der Waals surface area contributed by atoms with Gasteiger partial charge in [0.15, 0.2) is 0 Å². The molecule has 1 saturated carbocycles. The summed E-state index contributed by atoms with van der Waals surface area (Å²) < 4.78 is 5.21. The summed E-state index contributed by atoms with van der Waals surface area (Å²) in [7, 11) is 1.69. The normalized spacial score (nSPS) is 25.5. The highest BCUT2D eigenvalue weighted by Gasteiger charge is 2.54. The number of methoxy groups -OCH3 is 1. The first-order valence-corrected chi connectivity index (χ1v) is 9.02. The summed E-state index contributed by atoms with van der Waals surface area (Å²) in [5.74, 6) is 0.251. The lowest BCUT2D eigenvalue weighted by Gasteiger charge is -2.43. The molecule has 2 fully saturated rings. The highest BCUT2D eigenvalue weighted by molar-refractivity contribution is 5.91. The van der Waals surface area contributed by atoms with Gasteiger partial charge in [0.1, 0.15) is 0 Å². The van der Waals surface area contributed by atoms with Crippen LogP contribution in [0.1, 0.15) is 43.2 Å². The zero-order valence-corrected chi connectivity index (χ0v) is 14.9. The number of nitrogens with zero attached hydrogens (tertiary/aromatic N) is 1. The molecule has 132 valence electrons. The number of piperidine rings is 1. The molecule has 0 aromatic heterocycles. The summed E-state index contributed by atoms with van der Waals surface area (Å²) in [6.07, 6.45) is 4.61. The number of rotatable bonds is 6. The second-order valence-corrected chi connectivity index (χ2v) is 7.68. The SMILES string of the molecule is COCC[C@]1(CO)CCCN(C(=O)C2(c3ccc(C)cc3)CC2)C1. The summed E-state index contributed by atoms with van der Waals surface area (Å²) in [6, 6.07) is 8.40. The molecule has 1 aromatic rings. The Balaban J connectivity index is 1.75. The maximum absolute atomic E-state index is 13.3. The van der Waals surface area contributed by atoms with E-state index in [1.165, 1.54) is 5.56 Å². The molecule has 1 atom stereocenters. The van der Waals surface area contributed by atoms with Crippen LogP contribution in [-0.4, -0.2) is 49.3 Å². The quantitative estimate of drug-likeness (QED) is 0.872. The number of hydrogen-bond acceptors (Lipinski definition) is 3. The molecular weight excluding hydrogens is 302 g/mol. The molecule has 4 nitrogen and oxygen atoms in total. The van der Waals surface area contributed by atoms with Crippen LogP contribution in [0.5, 0.6) is 0 Å². The minimum Gasteiger partial charge on any atom is -0.396 e. The number of hydrogen-bond donors (Lipinski definition) is 1. The predicted octanol–water partition coefficient (Wildman–Crippen LogP) is 2.66. The van der Waals surface area contributed by atoms with Crippen molar-refractivity contribution in [1.82, 2.24) is 4.90 Å². The van der Waals surface area contributed by atoms with Gasteiger partial charge in [-0.25, -0.2) is 0 Å². The summed E-state index contributed by atoms with van der Waals surface area (Å²) >= 11 is 0. The van der Waals surface area contributed by atoms with Crippen molar-refractivity contribution in [3.8, 4) is 0 Å². The Morgan fingerprint density at radius 1 is 1.25 bits per heavy atom. The minimum atomic E-state index is -0.312. The highest BCUT2D eigenvalue weighted by Crippen LogP contribution is 2.50. The van der Waals surface area contributed by atoms with Gasteiger partial charge in [0.05, 0.1) is 12.0 Å². The molecule has 24 heavy (non-hydrogen) atoms. The van der Waals surface area contributed by atoms with Crippen molar-refractivity contribution in [1.29, 1.82) is 0 Å². The van der Waals surface area contributed by atoms with E-state index in [2.05, 4.69) is 31.2 Å². The van der Waals surface area contributed by atoms with Gasteiger partial charge in [-0.15, -0.1) is 0 Å². The van der Waals surface area contributed by atoms with Crippen molar-refractivity contribution in [3.63, 3.8) is 0 Å². The molecule has 0 unspecified atom stereocenters. The molecule has 0 bridgehead atoms. The van der Waals surface area contributed by atoms with Gasteiger partial charge < -0.3 is 14.7 Å². The average molecular weight is 331 g/mol. The van der Waals surface area contributed by atoms with Crippen molar-refractivity contribution in [2.24, 2.45) is 5.41 Å². The van der Waals surface area contributed by atoms with E-state index < -0.39 is 0 Å². The lowest BCUT2D eigenvalue weighted by Crippen LogP contribution is -2.51. The first kappa shape index (κ1) is 17.4. The van der Waals surface area contributed by atoms with Gasteiger partial charge in [-0.2, -0.15) is 0 Å². The number of amides is 1. The first-order valence-electron chi connectivity index (χ1n) is 9.02. The van der Waals surface area contributed by atoms with Crippen LogP contribution in [-0.2, 0) is 14.9 Å². The molecule has 4 heteroatoms. The first-order chi connectivity index (χ1) is 11.6. The third-order valence-electron chi connectivity index (χ3n) is 5.88. The van der Waals surface area contributed by atoms with Crippen molar-refractivity contribution in [2.75, 3.05) is 33.4 Å². The van der Waals surface area contributed by atoms with Crippen LogP contribution in [0.15, 0.2) is 24.3 Å². The smallest absolute Gasteiger partial charge is 0.233 e. The van der Waals surface area contributed by atoms with Crippen molar-refractivity contribution < 1.29 is 14.6 Å². The number of aryl methyl sites for hydroxylation is 1. The molecule has 0 spiro atoms. The summed E-state index contributed by atoms with van der Waals surface area (Å²) in [4.78, 5) is 15.3. The van der Waals surface area contributed by atoms with E-state index in [0.29, 0.717) is 13.2 Å². The molecule has 1 amide bonds. The summed E-state index contributed by atoms with van der Waals surface area (Å²) in [5, 5.41) is 9.94. The zero-order chi connectivity index (χ0) is 17.2. The highest BCUT2D eigenvalue weighted by atomic mass is 16.5. The number of carbonyl (C=O) groups is 1. The molecule has 1 saturated heterocycles. The number of likely N-dealkylation sites (tertiary alicyclic amines) is 1. The fourth-order valence-corrected chi connectivity index (χ4v) is 4.04. The third kappa shape index (κ3) is 3.22. The van der Waals surface area contributed by atoms with E-state index in [1.807, 2.05) is 4.90 Å². The Morgan fingerprint density at radius 2 is 1.96 bits per heavy atom. The van der Waals surface area contributed by atoms with Gasteiger partial charge in [0.2, 0.25) is 5.91 Å². The van der Waals surface area contributed by atoms with E-state index >= 15 is 0 Å². The van der Waals surface area contributed by atoms with Crippen LogP contribution in [0, 0.1) is 12.3 Å². The Labute approximate surface area is 144 Å². The van der Waals surface area contributed by atoms with Crippen molar-refractivity contribution >= 4 is 5.91 Å². The third-order valence-corrected chi connectivity index (χ3v) is 5.88. The van der Waals surface area contributed by atoms with E-state index in [9.17, 15) is 9.90 Å². The monoisotopic (exact) mass is 331 g/mol. The largest absolute Gasteiger partial charge is 0.396 e. The van der Waals surface area contributed by atoms with Crippen LogP contribution in [0.25, 0.3) is 0 Å². The van der Waals surface area contributed by atoms with Crippen molar-refractivity contribution in [2.45, 2.75) is 44.4 Å². The van der Waals surface area contributed by atoms with Crippen molar-refractivity contribution in [3.05, 3.63) is 35.4 Å². The number of ether oxygens (including phenoxy) is 1. The lowest BCUT2D eigenvalue weighted by molar-refractivity contribution is -0.138. The molecule has 1 N–H and O–H groups in total. The standard InChI is InChI=1S/C20H29NO3/c1-16-4-6-17(7-5-16)20(9-10-20)18(23)21-12-3-8-19(14-21,15-22)11-13-24-2/h4-7,22H,3,8-15H2,1-2H3/t19-/m1/s1. The molecule has 2 aliphatic rings. The Bertz CT molecular complexity index is 579. The summed E-state index contributed by atoms with van der Waals surface area (Å²) in [5.41, 5.74) is 1.86. The van der Waals surface area contributed by atoms with E-state index in [1.54, 1.807) is 7.11 Å². The van der Waals surface area contributed by atoms with Crippen LogP contribution < -0.4 is 0 Å². The van der Waals surface area contributed by atoms with E-state index in [0.717, 1.165) is 44.2 Å². The number of carbonyl (C=O) groups excluding carboxylic acids is 1. The summed E-state index contributed by atoms with van der Waals surface area (Å²) in [6.45, 7) is 4.28. The van der Waals surface area contributed by atoms with Gasteiger partial charge >= 0.3 is 0 Å². The van der Waals surface area contributed by atoms with Crippen LogP contribution in [0.3, 0.4) is 0 Å². The maximum atomic E-state index is 13.3. The van der Waals surface area contributed by atoms with Gasteiger partial charge in [0.25, 0.3) is 0 Å². The molecule has 1 heterocycles. The van der Waals surface area contributed by atoms with Crippen LogP contribution >= 0.6 is 0 Å². The van der Waals surface area contributed by atoms with E-state index in [4.69, 9.17) is 4.74 Å². The van der Waals surface area contributed by atoms with Gasteiger partial charge in [-0.1, -0.05) is 29.8 Å². The fraction of sp³-hybridized carbons (Fsp3) is 0.650. The number of aliphatic hydroxyl groups is 1. The van der Waals surface area contributed by atoms with Crippen LogP contribution in [0.2, 0.25) is 0 Å². The van der Waals surface area contributed by atoms with Crippen LogP contribution in [0.4, 0.5) is 0 Å². The fourth-order valence-electron chi connectivity index (χ4n) is 4.04. The minimum absolute atomic E-state index is 0.123. The molecule has 1 aliphatic heterocycles. The average Bonchev–Trinajstić information content (AvgIpc) is 3.42. The topological polar surface area (TPSA) is 49.8 Å². The lowest BCUT2D eigenvalue weighted by atomic mass is 9.77. The molecule has 1 aliphatic carbocycles. The van der Waals surface area contributed by atoms with Gasteiger partial charge in [0, 0.05) is 32.2 Å². The van der Waals surface area contributed by atoms with Gasteiger partial charge in [-0.3, -0.25) is 4.79 Å². The second kappa shape index (κ2) is 6.85. The Morgan fingerprint density at radius 3 is 2.54 bits per heavy atom. The number of aliphatic hydroxyl groups excluding tert-OH is 1. The van der Waals surface area contributed by atoms with E-state index in [-0.39, 0.29) is 23.3 Å². The molecule has 3 rings (SSSR count). The zero-order valence-electron chi connectivity index (χ0n) is 14.9. The molecule has 1 aromatic carbocycles. The second-order valence-electron chi connectivity index (χ2n) is 7.68. The Hall–Kier alpha value is -1.39. The maximum Gasteiger partial charge on any atom is 0.233 e. The predicted molar refractivity (Wildman–Crippen MR) is 93.9 cm³/mol. The van der Waals surface area contributed by atoms with Gasteiger partial charge in [-0.05, 0) is 44.6 Å². The number of benzene rings is 1.